The molecule has 0 atom stereocenters. The van der Waals surface area contributed by atoms with E-state index in [1.807, 2.05) is 28.0 Å². The number of nitrogen functional groups attached to an aromatic ring is 1. The molecule has 1 saturated heterocycles. The van der Waals surface area contributed by atoms with Crippen molar-refractivity contribution < 1.29 is 9.21 Å². The average Bonchev–Trinajstić information content (AvgIpc) is 3.58. The number of anilines is 1. The fraction of sp³-hybridized carbons (Fsp3) is 0.280. The van der Waals surface area contributed by atoms with Crippen LogP contribution >= 0.6 is 0 Å². The Labute approximate surface area is 190 Å². The summed E-state index contributed by atoms with van der Waals surface area (Å²) in [6, 6.07) is 4.38. The molecule has 0 spiro atoms. The zero-order valence-electron chi connectivity index (χ0n) is 18.4. The van der Waals surface area contributed by atoms with E-state index in [2.05, 4.69) is 39.5 Å². The van der Waals surface area contributed by atoms with Gasteiger partial charge in [-0.05, 0) is 30.5 Å². The number of hydrogen-bond acceptors (Lipinski definition) is 6. The van der Waals surface area contributed by atoms with Gasteiger partial charge in [-0.1, -0.05) is 12.2 Å². The van der Waals surface area contributed by atoms with Gasteiger partial charge in [0.1, 0.15) is 5.76 Å². The van der Waals surface area contributed by atoms with Crippen molar-refractivity contribution in [1.82, 2.24) is 24.6 Å². The second-order valence-electron chi connectivity index (χ2n) is 8.72. The Bertz CT molecular complexity index is 1410. The Morgan fingerprint density at radius 2 is 1.97 bits per heavy atom. The molecule has 4 aromatic rings. The molecule has 166 valence electrons. The predicted octanol–water partition coefficient (Wildman–Crippen LogP) is 4.09. The summed E-state index contributed by atoms with van der Waals surface area (Å²) in [5, 5.41) is 5.53. The van der Waals surface area contributed by atoms with Gasteiger partial charge in [-0.15, -0.1) is 0 Å². The van der Waals surface area contributed by atoms with Crippen LogP contribution in [0.1, 0.15) is 37.1 Å². The molecule has 4 aromatic heterocycles. The molecule has 2 N–H and O–H groups in total. The lowest BCUT2D eigenvalue weighted by molar-refractivity contribution is -0.130. The third-order valence-electron chi connectivity index (χ3n) is 6.68. The van der Waals surface area contributed by atoms with Crippen LogP contribution in [-0.4, -0.2) is 43.6 Å². The van der Waals surface area contributed by atoms with Crippen molar-refractivity contribution in [1.29, 1.82) is 0 Å². The molecule has 33 heavy (non-hydrogen) atoms. The van der Waals surface area contributed by atoms with Gasteiger partial charge in [0, 0.05) is 67.1 Å². The first-order valence-electron chi connectivity index (χ1n) is 11.2. The lowest BCUT2D eigenvalue weighted by Crippen LogP contribution is -2.37. The van der Waals surface area contributed by atoms with E-state index in [-0.39, 0.29) is 11.9 Å². The van der Waals surface area contributed by atoms with Crippen molar-refractivity contribution in [2.24, 2.45) is 0 Å². The van der Waals surface area contributed by atoms with E-state index in [0.717, 1.165) is 65.7 Å². The summed E-state index contributed by atoms with van der Waals surface area (Å²) in [4.78, 5) is 22.5. The van der Waals surface area contributed by atoms with Crippen LogP contribution in [0.25, 0.3) is 39.5 Å². The lowest BCUT2D eigenvalue weighted by atomic mass is 10.0. The van der Waals surface area contributed by atoms with Gasteiger partial charge in [0.25, 0.3) is 0 Å². The first kappa shape index (κ1) is 19.7. The van der Waals surface area contributed by atoms with Crippen molar-refractivity contribution in [3.05, 3.63) is 54.3 Å². The molecule has 8 nitrogen and oxygen atoms in total. The Hall–Kier alpha value is -3.94. The number of pyridine rings is 2. The molecular formula is C25H24N6O2. The van der Waals surface area contributed by atoms with Crippen LogP contribution in [0.5, 0.6) is 0 Å². The van der Waals surface area contributed by atoms with E-state index in [1.165, 1.54) is 0 Å². The molecule has 1 fully saturated rings. The molecule has 8 heteroatoms. The van der Waals surface area contributed by atoms with E-state index in [4.69, 9.17) is 10.2 Å². The standard InChI is InChI=1S/C25H24N6O2/c1-15(32)30-7-5-19(6-8-30)31-14-18(12-29-31)21-13-28-25(26)24-20(21)10-23(33-24)17-9-16-3-2-4-22(16)27-11-17/h2-3,9-14,19H,4-8H2,1H3,(H2,26,28). The Morgan fingerprint density at radius 1 is 1.12 bits per heavy atom. The maximum atomic E-state index is 11.6. The van der Waals surface area contributed by atoms with Gasteiger partial charge < -0.3 is 15.1 Å². The van der Waals surface area contributed by atoms with Crippen molar-refractivity contribution in [2.45, 2.75) is 32.2 Å². The molecule has 1 amide bonds. The first-order valence-corrected chi connectivity index (χ1v) is 11.2. The number of nitrogens with zero attached hydrogens (tertiary/aromatic N) is 5. The highest BCUT2D eigenvalue weighted by atomic mass is 16.3. The largest absolute Gasteiger partial charge is 0.452 e. The van der Waals surface area contributed by atoms with Gasteiger partial charge in [-0.3, -0.25) is 14.5 Å². The van der Waals surface area contributed by atoms with E-state index in [1.54, 1.807) is 13.1 Å². The van der Waals surface area contributed by atoms with Crippen molar-refractivity contribution in [3.8, 4) is 22.5 Å². The van der Waals surface area contributed by atoms with Crippen molar-refractivity contribution in [3.63, 3.8) is 0 Å². The summed E-state index contributed by atoms with van der Waals surface area (Å²) in [6.45, 7) is 3.15. The monoisotopic (exact) mass is 440 g/mol. The summed E-state index contributed by atoms with van der Waals surface area (Å²) in [5.41, 5.74) is 11.7. The molecule has 0 aromatic carbocycles. The number of piperidine rings is 1. The maximum absolute atomic E-state index is 11.6. The molecular weight excluding hydrogens is 416 g/mol. The number of nitrogens with two attached hydrogens (primary N) is 1. The van der Waals surface area contributed by atoms with Gasteiger partial charge in [-0.2, -0.15) is 5.10 Å². The van der Waals surface area contributed by atoms with Crippen LogP contribution in [0.2, 0.25) is 0 Å². The van der Waals surface area contributed by atoms with Gasteiger partial charge in [0.05, 0.1) is 17.9 Å². The number of allylic oxidation sites excluding steroid dienone is 1. The topological polar surface area (TPSA) is 103 Å². The summed E-state index contributed by atoms with van der Waals surface area (Å²) in [5.74, 6) is 1.21. The highest BCUT2D eigenvalue weighted by Crippen LogP contribution is 2.37. The minimum Gasteiger partial charge on any atom is -0.452 e. The van der Waals surface area contributed by atoms with Crippen molar-refractivity contribution in [2.75, 3.05) is 18.8 Å². The Kier molecular flexibility index (Phi) is 4.53. The molecule has 0 bridgehead atoms. The Morgan fingerprint density at radius 3 is 2.79 bits per heavy atom. The molecule has 2 aliphatic rings. The number of carbonyl (C=O) groups excluding carboxylic acids is 1. The second kappa shape index (κ2) is 7.58. The van der Waals surface area contributed by atoms with E-state index in [9.17, 15) is 4.79 Å². The lowest BCUT2D eigenvalue weighted by Gasteiger charge is -2.31. The number of amides is 1. The fourth-order valence-corrected chi connectivity index (χ4v) is 4.80. The molecule has 6 rings (SSSR count). The maximum Gasteiger partial charge on any atom is 0.219 e. The zero-order valence-corrected chi connectivity index (χ0v) is 18.4. The third kappa shape index (κ3) is 3.38. The van der Waals surface area contributed by atoms with Crippen LogP contribution < -0.4 is 5.73 Å². The molecule has 0 radical (unpaired) electrons. The van der Waals surface area contributed by atoms with E-state index >= 15 is 0 Å². The number of fused-ring (bicyclic) bond motifs is 2. The smallest absolute Gasteiger partial charge is 0.219 e. The third-order valence-corrected chi connectivity index (χ3v) is 6.68. The van der Waals surface area contributed by atoms with E-state index in [0.29, 0.717) is 17.2 Å². The highest BCUT2D eigenvalue weighted by Gasteiger charge is 2.23. The van der Waals surface area contributed by atoms with Gasteiger partial charge in [0.2, 0.25) is 5.91 Å². The average molecular weight is 441 g/mol. The van der Waals surface area contributed by atoms with Gasteiger partial charge in [-0.25, -0.2) is 4.98 Å². The molecule has 0 saturated carbocycles. The van der Waals surface area contributed by atoms with Crippen molar-refractivity contribution >= 4 is 28.8 Å². The molecule has 1 aliphatic heterocycles. The quantitative estimate of drug-likeness (QED) is 0.515. The number of likely N-dealkylation sites (tertiary alicyclic amines) is 1. The minimum atomic E-state index is 0.135. The zero-order chi connectivity index (χ0) is 22.5. The van der Waals surface area contributed by atoms with Crippen LogP contribution in [0.3, 0.4) is 0 Å². The molecule has 0 unspecified atom stereocenters. The molecule has 5 heterocycles. The van der Waals surface area contributed by atoms with Crippen LogP contribution in [-0.2, 0) is 11.2 Å². The second-order valence-corrected chi connectivity index (χ2v) is 8.72. The summed E-state index contributed by atoms with van der Waals surface area (Å²) < 4.78 is 8.15. The number of carbonyl (C=O) groups is 1. The van der Waals surface area contributed by atoms with Crippen LogP contribution in [0, 0.1) is 0 Å². The number of rotatable bonds is 3. The number of furan rings is 1. The highest BCUT2D eigenvalue weighted by molar-refractivity contribution is 6.00. The summed E-state index contributed by atoms with van der Waals surface area (Å²) in [7, 11) is 0. The first-order chi connectivity index (χ1) is 16.1. The minimum absolute atomic E-state index is 0.135. The predicted molar refractivity (Wildman–Crippen MR) is 126 cm³/mol. The summed E-state index contributed by atoms with van der Waals surface area (Å²) in [6.07, 6.45) is 14.4. The number of hydrogen-bond donors (Lipinski definition) is 1. The van der Waals surface area contributed by atoms with Gasteiger partial charge in [0.15, 0.2) is 11.4 Å². The Balaban J connectivity index is 1.34. The number of aromatic nitrogens is 4. The van der Waals surface area contributed by atoms with E-state index < -0.39 is 0 Å². The normalized spacial score (nSPS) is 16.0. The molecule has 1 aliphatic carbocycles. The van der Waals surface area contributed by atoms with Crippen LogP contribution in [0.15, 0.2) is 47.4 Å². The SMILES string of the molecule is CC(=O)N1CCC(n2cc(-c3cnc(N)c4oc(-c5cnc6c(c5)C=CC6)cc34)cn2)CC1. The fourth-order valence-electron chi connectivity index (χ4n) is 4.80. The summed E-state index contributed by atoms with van der Waals surface area (Å²) >= 11 is 0. The van der Waals surface area contributed by atoms with Gasteiger partial charge >= 0.3 is 0 Å². The van der Waals surface area contributed by atoms with Crippen LogP contribution in [0.4, 0.5) is 5.82 Å².